The smallest absolute Gasteiger partial charge is 0.338 e. The van der Waals surface area contributed by atoms with E-state index in [4.69, 9.17) is 14.7 Å². The zero-order valence-electron chi connectivity index (χ0n) is 12.6. The summed E-state index contributed by atoms with van der Waals surface area (Å²) in [6.45, 7) is 3.78. The lowest BCUT2D eigenvalue weighted by molar-refractivity contribution is 0.0374. The van der Waals surface area contributed by atoms with Crippen LogP contribution in [-0.4, -0.2) is 33.5 Å². The summed E-state index contributed by atoms with van der Waals surface area (Å²) >= 11 is 1.52. The van der Waals surface area contributed by atoms with Crippen molar-refractivity contribution in [2.45, 2.75) is 31.5 Å². The SMILES string of the molecule is CSc1cccc(C(=O)OC(C)C)c1COc1ccn(O)n1. The lowest BCUT2D eigenvalue weighted by atomic mass is 10.1. The number of esters is 1. The van der Waals surface area contributed by atoms with E-state index in [1.807, 2.05) is 18.4 Å². The fourth-order valence-electron chi connectivity index (χ4n) is 1.90. The van der Waals surface area contributed by atoms with Crippen molar-refractivity contribution in [1.82, 2.24) is 9.94 Å². The number of carbonyl (C=O) groups is 1. The molecule has 0 saturated heterocycles. The van der Waals surface area contributed by atoms with Crippen LogP contribution in [0, 0.1) is 0 Å². The highest BCUT2D eigenvalue weighted by Crippen LogP contribution is 2.26. The molecule has 7 heteroatoms. The Bertz CT molecular complexity index is 655. The van der Waals surface area contributed by atoms with Crippen molar-refractivity contribution in [3.63, 3.8) is 0 Å². The van der Waals surface area contributed by atoms with E-state index < -0.39 is 0 Å². The maximum atomic E-state index is 12.2. The zero-order chi connectivity index (χ0) is 16.1. The van der Waals surface area contributed by atoms with Gasteiger partial charge in [0.1, 0.15) is 6.61 Å². The molecule has 22 heavy (non-hydrogen) atoms. The Hall–Kier alpha value is -2.15. The van der Waals surface area contributed by atoms with E-state index in [0.717, 1.165) is 10.5 Å². The molecule has 0 aliphatic rings. The topological polar surface area (TPSA) is 73.6 Å². The van der Waals surface area contributed by atoms with Gasteiger partial charge in [-0.1, -0.05) is 11.2 Å². The van der Waals surface area contributed by atoms with Gasteiger partial charge in [-0.2, -0.15) is 0 Å². The van der Waals surface area contributed by atoms with E-state index in [2.05, 4.69) is 5.10 Å². The van der Waals surface area contributed by atoms with Crippen LogP contribution in [0.25, 0.3) is 0 Å². The van der Waals surface area contributed by atoms with Gasteiger partial charge in [-0.3, -0.25) is 0 Å². The van der Waals surface area contributed by atoms with E-state index in [1.165, 1.54) is 24.0 Å². The van der Waals surface area contributed by atoms with Crippen LogP contribution in [-0.2, 0) is 11.3 Å². The van der Waals surface area contributed by atoms with Crippen molar-refractivity contribution in [3.05, 3.63) is 41.6 Å². The van der Waals surface area contributed by atoms with Gasteiger partial charge in [0.05, 0.1) is 17.9 Å². The lowest BCUT2D eigenvalue weighted by Gasteiger charge is -2.14. The molecule has 1 heterocycles. The van der Waals surface area contributed by atoms with Gasteiger partial charge < -0.3 is 14.7 Å². The molecule has 2 rings (SSSR count). The van der Waals surface area contributed by atoms with Crippen LogP contribution in [0.15, 0.2) is 35.4 Å². The van der Waals surface area contributed by atoms with Gasteiger partial charge in [0.2, 0.25) is 5.88 Å². The van der Waals surface area contributed by atoms with Crippen LogP contribution in [0.4, 0.5) is 0 Å². The first-order valence-electron chi connectivity index (χ1n) is 6.76. The van der Waals surface area contributed by atoms with E-state index >= 15 is 0 Å². The molecule has 0 spiro atoms. The first-order valence-corrected chi connectivity index (χ1v) is 7.98. The second-order valence-electron chi connectivity index (χ2n) is 4.80. The Balaban J connectivity index is 2.24. The van der Waals surface area contributed by atoms with Crippen molar-refractivity contribution >= 4 is 17.7 Å². The van der Waals surface area contributed by atoms with Gasteiger partial charge in [-0.25, -0.2) is 4.79 Å². The molecule has 0 fully saturated rings. The summed E-state index contributed by atoms with van der Waals surface area (Å²) in [4.78, 5) is 13.8. The lowest BCUT2D eigenvalue weighted by Crippen LogP contribution is -2.15. The molecule has 0 saturated carbocycles. The first-order chi connectivity index (χ1) is 10.5. The Morgan fingerprint density at radius 3 is 2.77 bits per heavy atom. The van der Waals surface area contributed by atoms with E-state index in [-0.39, 0.29) is 24.6 Å². The van der Waals surface area contributed by atoms with Crippen LogP contribution >= 0.6 is 11.8 Å². The molecular formula is C15H18N2O4S. The summed E-state index contributed by atoms with van der Waals surface area (Å²) in [7, 11) is 0. The highest BCUT2D eigenvalue weighted by atomic mass is 32.2. The number of rotatable bonds is 6. The van der Waals surface area contributed by atoms with Crippen LogP contribution in [0.2, 0.25) is 0 Å². The Labute approximate surface area is 133 Å². The third-order valence-electron chi connectivity index (χ3n) is 2.83. The van der Waals surface area contributed by atoms with Gasteiger partial charge in [0.25, 0.3) is 0 Å². The standard InChI is InChI=1S/C15H18N2O4S/c1-10(2)21-15(18)11-5-4-6-13(22-3)12(11)9-20-14-7-8-17(19)16-14/h4-8,10,19H,9H2,1-3H3. The first kappa shape index (κ1) is 16.2. The van der Waals surface area contributed by atoms with E-state index in [9.17, 15) is 4.79 Å². The molecule has 0 unspecified atom stereocenters. The molecule has 1 aromatic heterocycles. The largest absolute Gasteiger partial charge is 0.472 e. The molecule has 0 atom stereocenters. The Kier molecular flexibility index (Phi) is 5.32. The number of thioether (sulfide) groups is 1. The number of aromatic nitrogens is 2. The van der Waals surface area contributed by atoms with Crippen LogP contribution in [0.3, 0.4) is 0 Å². The van der Waals surface area contributed by atoms with Crippen molar-refractivity contribution < 1.29 is 19.5 Å². The second-order valence-corrected chi connectivity index (χ2v) is 5.65. The summed E-state index contributed by atoms with van der Waals surface area (Å²) in [5.74, 6) is -0.0984. The fraction of sp³-hybridized carbons (Fsp3) is 0.333. The zero-order valence-corrected chi connectivity index (χ0v) is 13.5. The summed E-state index contributed by atoms with van der Waals surface area (Å²) in [6, 6.07) is 6.98. The summed E-state index contributed by atoms with van der Waals surface area (Å²) < 4.78 is 10.8. The molecule has 1 aromatic carbocycles. The predicted octanol–water partition coefficient (Wildman–Crippen LogP) is 2.99. The molecule has 2 aromatic rings. The number of benzene rings is 1. The summed E-state index contributed by atoms with van der Waals surface area (Å²) in [5.41, 5.74) is 1.22. The van der Waals surface area contributed by atoms with Gasteiger partial charge in [0.15, 0.2) is 0 Å². The third-order valence-corrected chi connectivity index (χ3v) is 3.65. The van der Waals surface area contributed by atoms with Crippen molar-refractivity contribution in [2.24, 2.45) is 0 Å². The molecule has 0 bridgehead atoms. The van der Waals surface area contributed by atoms with Crippen molar-refractivity contribution in [2.75, 3.05) is 6.26 Å². The molecule has 0 amide bonds. The highest BCUT2D eigenvalue weighted by molar-refractivity contribution is 7.98. The number of nitrogens with zero attached hydrogens (tertiary/aromatic N) is 2. The monoisotopic (exact) mass is 322 g/mol. The molecule has 0 aliphatic heterocycles. The van der Waals surface area contributed by atoms with Gasteiger partial charge in [-0.05, 0) is 32.2 Å². The average molecular weight is 322 g/mol. The maximum absolute atomic E-state index is 12.2. The normalized spacial score (nSPS) is 10.7. The van der Waals surface area contributed by atoms with Crippen LogP contribution in [0.1, 0.15) is 29.8 Å². The predicted molar refractivity (Wildman–Crippen MR) is 82.5 cm³/mol. The molecule has 1 N–H and O–H groups in total. The molecule has 0 radical (unpaired) electrons. The molecule has 118 valence electrons. The third kappa shape index (κ3) is 3.94. The highest BCUT2D eigenvalue weighted by Gasteiger charge is 2.18. The molecule has 0 aliphatic carbocycles. The van der Waals surface area contributed by atoms with Crippen molar-refractivity contribution in [3.8, 4) is 5.88 Å². The van der Waals surface area contributed by atoms with E-state index in [0.29, 0.717) is 10.4 Å². The van der Waals surface area contributed by atoms with Crippen LogP contribution in [0.5, 0.6) is 5.88 Å². The van der Waals surface area contributed by atoms with Gasteiger partial charge in [0, 0.05) is 16.5 Å². The van der Waals surface area contributed by atoms with Gasteiger partial charge >= 0.3 is 5.97 Å². The van der Waals surface area contributed by atoms with E-state index in [1.54, 1.807) is 19.9 Å². The number of ether oxygens (including phenoxy) is 2. The number of carbonyl (C=O) groups excluding carboxylic acids is 1. The minimum absolute atomic E-state index is 0.163. The average Bonchev–Trinajstić information content (AvgIpc) is 2.89. The Morgan fingerprint density at radius 2 is 2.18 bits per heavy atom. The molecule has 6 nitrogen and oxygen atoms in total. The maximum Gasteiger partial charge on any atom is 0.338 e. The minimum Gasteiger partial charge on any atom is -0.472 e. The molecular weight excluding hydrogens is 304 g/mol. The summed E-state index contributed by atoms with van der Waals surface area (Å²) in [5, 5.41) is 12.9. The number of hydrogen-bond acceptors (Lipinski definition) is 6. The Morgan fingerprint density at radius 1 is 1.41 bits per heavy atom. The number of hydrogen-bond donors (Lipinski definition) is 1. The fourth-order valence-corrected chi connectivity index (χ4v) is 2.53. The second kappa shape index (κ2) is 7.22. The quantitative estimate of drug-likeness (QED) is 0.501. The summed E-state index contributed by atoms with van der Waals surface area (Å²) in [6.07, 6.45) is 3.10. The van der Waals surface area contributed by atoms with Crippen LogP contribution < -0.4 is 4.74 Å². The van der Waals surface area contributed by atoms with Gasteiger partial charge in [-0.15, -0.1) is 16.6 Å². The van der Waals surface area contributed by atoms with Crippen molar-refractivity contribution in [1.29, 1.82) is 0 Å². The minimum atomic E-state index is -0.378.